The molecule has 0 spiro atoms. The molecule has 0 aliphatic rings. The van der Waals surface area contributed by atoms with Gasteiger partial charge in [-0.2, -0.15) is 5.10 Å². The highest BCUT2D eigenvalue weighted by atomic mass is 127. The molecule has 3 nitrogen and oxygen atoms in total. The second-order valence-electron chi connectivity index (χ2n) is 2.09. The van der Waals surface area contributed by atoms with E-state index in [4.69, 9.17) is 3.07 Å². The van der Waals surface area contributed by atoms with E-state index in [-0.39, 0.29) is 0 Å². The van der Waals surface area contributed by atoms with Gasteiger partial charge in [-0.05, 0) is 12.0 Å². The highest BCUT2D eigenvalue weighted by molar-refractivity contribution is 14.1. The molecule has 0 amide bonds. The number of aryl methyl sites for hydroxylation is 1. The summed E-state index contributed by atoms with van der Waals surface area (Å²) in [4.78, 5) is 0. The second-order valence-corrected chi connectivity index (χ2v) is 2.71. The summed E-state index contributed by atoms with van der Waals surface area (Å²) < 4.78 is 6.68. The Morgan fingerprint density at radius 2 is 2.60 bits per heavy atom. The minimum absolute atomic E-state index is 0.756. The number of hydrogen-bond acceptors (Lipinski definition) is 2. The summed E-state index contributed by atoms with van der Waals surface area (Å²) in [6.07, 6.45) is 4.79. The Kier molecular flexibility index (Phi) is 3.14. The third kappa shape index (κ3) is 2.26. The highest BCUT2D eigenvalue weighted by Gasteiger charge is 1.93. The molecule has 0 aliphatic carbocycles. The Hall–Kier alpha value is -0.100. The van der Waals surface area contributed by atoms with Crippen LogP contribution in [0.25, 0.3) is 0 Å². The first kappa shape index (κ1) is 8.00. The van der Waals surface area contributed by atoms with Crippen LogP contribution in [0.3, 0.4) is 0 Å². The first-order chi connectivity index (χ1) is 4.83. The van der Waals surface area contributed by atoms with Crippen LogP contribution in [0.2, 0.25) is 0 Å². The molecule has 0 unspecified atom stereocenters. The van der Waals surface area contributed by atoms with Gasteiger partial charge in [0.25, 0.3) is 0 Å². The van der Waals surface area contributed by atoms with E-state index < -0.39 is 0 Å². The van der Waals surface area contributed by atoms with Crippen LogP contribution < -0.4 is 0 Å². The van der Waals surface area contributed by atoms with Crippen molar-refractivity contribution in [3.05, 3.63) is 18.0 Å². The average Bonchev–Trinajstić information content (AvgIpc) is 2.31. The van der Waals surface area contributed by atoms with Gasteiger partial charge in [-0.1, -0.05) is 0 Å². The third-order valence-corrected chi connectivity index (χ3v) is 1.67. The summed E-state index contributed by atoms with van der Waals surface area (Å²) >= 11 is 1.89. The molecular formula is C6H9IN2O. The minimum Gasteiger partial charge on any atom is -0.315 e. The Balaban J connectivity index is 2.42. The maximum absolute atomic E-state index is 4.89. The fourth-order valence-electron chi connectivity index (χ4n) is 0.757. The summed E-state index contributed by atoms with van der Waals surface area (Å²) in [5.74, 6) is 0. The van der Waals surface area contributed by atoms with E-state index in [0.717, 1.165) is 13.0 Å². The number of halogens is 1. The number of rotatable bonds is 3. The van der Waals surface area contributed by atoms with Crippen LogP contribution in [0, 0.1) is 0 Å². The van der Waals surface area contributed by atoms with Gasteiger partial charge in [-0.3, -0.25) is 4.68 Å². The normalized spacial score (nSPS) is 10.2. The SMILES string of the molecule is Cn1cc(CCOI)cn1. The Morgan fingerprint density at radius 1 is 1.80 bits per heavy atom. The van der Waals surface area contributed by atoms with Crippen molar-refractivity contribution in [3.8, 4) is 0 Å². The minimum atomic E-state index is 0.756. The van der Waals surface area contributed by atoms with Crippen LogP contribution in [-0.4, -0.2) is 16.4 Å². The molecular weight excluding hydrogens is 243 g/mol. The lowest BCUT2D eigenvalue weighted by Crippen LogP contribution is -1.89. The molecule has 0 saturated carbocycles. The van der Waals surface area contributed by atoms with Crippen molar-refractivity contribution in [2.45, 2.75) is 6.42 Å². The van der Waals surface area contributed by atoms with E-state index in [1.807, 2.05) is 42.4 Å². The molecule has 56 valence electrons. The fraction of sp³-hybridized carbons (Fsp3) is 0.500. The molecule has 0 N–H and O–H groups in total. The van der Waals surface area contributed by atoms with E-state index >= 15 is 0 Å². The van der Waals surface area contributed by atoms with Crippen LogP contribution in [0.15, 0.2) is 12.4 Å². The van der Waals surface area contributed by atoms with Crippen molar-refractivity contribution < 1.29 is 3.07 Å². The highest BCUT2D eigenvalue weighted by Crippen LogP contribution is 1.98. The van der Waals surface area contributed by atoms with Gasteiger partial charge in [0.2, 0.25) is 0 Å². The Labute approximate surface area is 74.1 Å². The summed E-state index contributed by atoms with van der Waals surface area (Å²) in [6.45, 7) is 0.756. The van der Waals surface area contributed by atoms with E-state index in [9.17, 15) is 0 Å². The predicted octanol–water partition coefficient (Wildman–Crippen LogP) is 1.33. The molecule has 1 heterocycles. The molecule has 10 heavy (non-hydrogen) atoms. The van der Waals surface area contributed by atoms with E-state index in [1.54, 1.807) is 4.68 Å². The summed E-state index contributed by atoms with van der Waals surface area (Å²) in [5, 5.41) is 4.03. The maximum Gasteiger partial charge on any atom is 0.109 e. The number of nitrogens with zero attached hydrogens (tertiary/aromatic N) is 2. The number of aromatic nitrogens is 2. The lowest BCUT2D eigenvalue weighted by Gasteiger charge is -1.90. The van der Waals surface area contributed by atoms with Crippen LogP contribution >= 0.6 is 23.0 Å². The third-order valence-electron chi connectivity index (χ3n) is 1.23. The van der Waals surface area contributed by atoms with Gasteiger partial charge < -0.3 is 3.07 Å². The quantitative estimate of drug-likeness (QED) is 0.759. The molecule has 4 heteroatoms. The lowest BCUT2D eigenvalue weighted by molar-refractivity contribution is 0.431. The first-order valence-corrected chi connectivity index (χ1v) is 3.92. The van der Waals surface area contributed by atoms with Gasteiger partial charge >= 0.3 is 0 Å². The van der Waals surface area contributed by atoms with Gasteiger partial charge in [-0.15, -0.1) is 0 Å². The van der Waals surface area contributed by atoms with Crippen molar-refractivity contribution in [2.75, 3.05) is 6.61 Å². The van der Waals surface area contributed by atoms with E-state index in [1.165, 1.54) is 5.56 Å². The molecule has 0 aromatic carbocycles. The van der Waals surface area contributed by atoms with Gasteiger partial charge in [0, 0.05) is 13.2 Å². The largest absolute Gasteiger partial charge is 0.315 e. The molecule has 0 radical (unpaired) electrons. The van der Waals surface area contributed by atoms with Gasteiger partial charge in [-0.25, -0.2) is 0 Å². The smallest absolute Gasteiger partial charge is 0.109 e. The zero-order chi connectivity index (χ0) is 7.40. The molecule has 0 fully saturated rings. The Morgan fingerprint density at radius 3 is 3.10 bits per heavy atom. The molecule has 1 aromatic rings. The standard InChI is InChI=1S/C6H9IN2O/c1-9-5-6(4-8-9)2-3-10-7/h4-5H,2-3H2,1H3. The summed E-state index contributed by atoms with van der Waals surface area (Å²) in [5.41, 5.74) is 1.22. The molecule has 0 aliphatic heterocycles. The average molecular weight is 252 g/mol. The molecule has 1 rings (SSSR count). The predicted molar refractivity (Wildman–Crippen MR) is 46.9 cm³/mol. The molecule has 0 atom stereocenters. The van der Waals surface area contributed by atoms with E-state index in [2.05, 4.69) is 5.10 Å². The Bertz CT molecular complexity index is 199. The monoisotopic (exact) mass is 252 g/mol. The van der Waals surface area contributed by atoms with Crippen molar-refractivity contribution in [1.29, 1.82) is 0 Å². The lowest BCUT2D eigenvalue weighted by atomic mass is 10.3. The van der Waals surface area contributed by atoms with Crippen LogP contribution in [0.1, 0.15) is 5.56 Å². The van der Waals surface area contributed by atoms with E-state index in [0.29, 0.717) is 0 Å². The summed E-state index contributed by atoms with van der Waals surface area (Å²) in [6, 6.07) is 0. The molecule has 0 saturated heterocycles. The first-order valence-electron chi connectivity index (χ1n) is 3.04. The van der Waals surface area contributed by atoms with Crippen LogP contribution in [0.4, 0.5) is 0 Å². The number of hydrogen-bond donors (Lipinski definition) is 0. The van der Waals surface area contributed by atoms with Crippen molar-refractivity contribution in [2.24, 2.45) is 7.05 Å². The fourth-order valence-corrected chi connectivity index (χ4v) is 0.978. The molecule has 1 aromatic heterocycles. The van der Waals surface area contributed by atoms with Gasteiger partial charge in [0.05, 0.1) is 12.8 Å². The van der Waals surface area contributed by atoms with Crippen LogP contribution in [-0.2, 0) is 16.5 Å². The zero-order valence-corrected chi connectivity index (χ0v) is 7.91. The topological polar surface area (TPSA) is 27.1 Å². The second kappa shape index (κ2) is 3.92. The van der Waals surface area contributed by atoms with Crippen LogP contribution in [0.5, 0.6) is 0 Å². The summed E-state index contributed by atoms with van der Waals surface area (Å²) in [7, 11) is 1.91. The maximum atomic E-state index is 4.89. The van der Waals surface area contributed by atoms with Crippen molar-refractivity contribution >= 4 is 23.0 Å². The van der Waals surface area contributed by atoms with Crippen molar-refractivity contribution in [3.63, 3.8) is 0 Å². The van der Waals surface area contributed by atoms with Crippen molar-refractivity contribution in [1.82, 2.24) is 9.78 Å². The van der Waals surface area contributed by atoms with Gasteiger partial charge in [0.1, 0.15) is 23.0 Å². The van der Waals surface area contributed by atoms with Gasteiger partial charge in [0.15, 0.2) is 0 Å². The zero-order valence-electron chi connectivity index (χ0n) is 5.75. The molecule has 0 bridgehead atoms.